The normalized spacial score (nSPS) is 14.9. The molecule has 8 heteroatoms. The molecule has 0 saturated heterocycles. The predicted octanol–water partition coefficient (Wildman–Crippen LogP) is 0.762. The molecule has 0 amide bonds. The van der Waals surface area contributed by atoms with E-state index in [9.17, 15) is 18.3 Å². The zero-order chi connectivity index (χ0) is 14.8. The molecule has 0 fully saturated rings. The Morgan fingerprint density at radius 3 is 2.58 bits per heavy atom. The van der Waals surface area contributed by atoms with Crippen molar-refractivity contribution in [3.05, 3.63) is 28.8 Å². The van der Waals surface area contributed by atoms with Gasteiger partial charge in [-0.2, -0.15) is 0 Å². The van der Waals surface area contributed by atoms with E-state index in [0.29, 0.717) is 5.56 Å². The van der Waals surface area contributed by atoms with Gasteiger partial charge < -0.3 is 10.2 Å². The van der Waals surface area contributed by atoms with E-state index in [2.05, 4.69) is 0 Å². The molecule has 106 valence electrons. The summed E-state index contributed by atoms with van der Waals surface area (Å²) in [5.41, 5.74) is -1.72. The van der Waals surface area contributed by atoms with Crippen molar-refractivity contribution in [2.75, 3.05) is 6.54 Å². The van der Waals surface area contributed by atoms with E-state index in [1.165, 1.54) is 12.1 Å². The van der Waals surface area contributed by atoms with E-state index in [1.54, 1.807) is 13.0 Å². The largest absolute Gasteiger partial charge is 0.479 e. The third-order valence-corrected chi connectivity index (χ3v) is 4.29. The Labute approximate surface area is 116 Å². The van der Waals surface area contributed by atoms with E-state index in [-0.39, 0.29) is 9.92 Å². The summed E-state index contributed by atoms with van der Waals surface area (Å²) in [6, 6.07) is 4.34. The SMILES string of the molecule is Cc1ccc(Cl)cc1S(=O)(=O)NCC(C)(O)C(=O)O. The molecule has 0 spiro atoms. The number of sulfonamides is 1. The highest BCUT2D eigenvalue weighted by Crippen LogP contribution is 2.20. The van der Waals surface area contributed by atoms with Gasteiger partial charge in [0.25, 0.3) is 0 Å². The number of rotatable bonds is 5. The molecule has 0 heterocycles. The number of benzene rings is 1. The molecule has 1 rings (SSSR count). The van der Waals surface area contributed by atoms with Crippen molar-refractivity contribution in [1.82, 2.24) is 4.72 Å². The van der Waals surface area contributed by atoms with Gasteiger partial charge >= 0.3 is 5.97 Å². The van der Waals surface area contributed by atoms with Gasteiger partial charge in [-0.25, -0.2) is 17.9 Å². The van der Waals surface area contributed by atoms with Crippen molar-refractivity contribution in [2.45, 2.75) is 24.3 Å². The fourth-order valence-electron chi connectivity index (χ4n) is 1.25. The fraction of sp³-hybridized carbons (Fsp3) is 0.364. The molecule has 0 saturated carbocycles. The Kier molecular flexibility index (Phi) is 4.57. The summed E-state index contributed by atoms with van der Waals surface area (Å²) in [5, 5.41) is 18.4. The zero-order valence-corrected chi connectivity index (χ0v) is 11.9. The number of hydrogen-bond donors (Lipinski definition) is 3. The van der Waals surface area contributed by atoms with Crippen LogP contribution < -0.4 is 4.72 Å². The summed E-state index contributed by atoms with van der Waals surface area (Å²) < 4.78 is 26.0. The summed E-state index contributed by atoms with van der Waals surface area (Å²) in [4.78, 5) is 10.6. The minimum absolute atomic E-state index is 0.0545. The second-order valence-corrected chi connectivity index (χ2v) is 6.49. The van der Waals surface area contributed by atoms with Crippen LogP contribution in [0.5, 0.6) is 0 Å². The first kappa shape index (κ1) is 15.9. The molecular weight excluding hydrogens is 294 g/mol. The van der Waals surface area contributed by atoms with E-state index in [0.717, 1.165) is 6.92 Å². The third-order valence-electron chi connectivity index (χ3n) is 2.51. The minimum Gasteiger partial charge on any atom is -0.479 e. The van der Waals surface area contributed by atoms with Crippen LogP contribution in [0.2, 0.25) is 5.02 Å². The maximum Gasteiger partial charge on any atom is 0.336 e. The van der Waals surface area contributed by atoms with Gasteiger partial charge in [-0.3, -0.25) is 0 Å². The van der Waals surface area contributed by atoms with Crippen LogP contribution >= 0.6 is 11.6 Å². The lowest BCUT2D eigenvalue weighted by molar-refractivity contribution is -0.155. The van der Waals surface area contributed by atoms with Crippen molar-refractivity contribution < 1.29 is 23.4 Å². The smallest absolute Gasteiger partial charge is 0.336 e. The summed E-state index contributed by atoms with van der Waals surface area (Å²) in [5.74, 6) is -1.52. The Balaban J connectivity index is 3.00. The number of aliphatic hydroxyl groups is 1. The van der Waals surface area contributed by atoms with Gasteiger partial charge in [0.05, 0.1) is 11.4 Å². The monoisotopic (exact) mass is 307 g/mol. The molecular formula is C11H14ClNO5S. The molecule has 0 aliphatic carbocycles. The average Bonchev–Trinajstić information content (AvgIpc) is 2.30. The van der Waals surface area contributed by atoms with Crippen LogP contribution in [0.4, 0.5) is 0 Å². The summed E-state index contributed by atoms with van der Waals surface area (Å²) >= 11 is 5.73. The molecule has 0 bridgehead atoms. The minimum atomic E-state index is -3.94. The van der Waals surface area contributed by atoms with Crippen LogP contribution in [0.1, 0.15) is 12.5 Å². The van der Waals surface area contributed by atoms with Gasteiger partial charge in [-0.05, 0) is 31.5 Å². The van der Waals surface area contributed by atoms with Gasteiger partial charge in [-0.15, -0.1) is 0 Å². The number of carboxylic acid groups (broad SMARTS) is 1. The summed E-state index contributed by atoms with van der Waals surface area (Å²) in [6.45, 7) is 1.94. The highest BCUT2D eigenvalue weighted by Gasteiger charge is 2.32. The second-order valence-electron chi connectivity index (χ2n) is 4.31. The quantitative estimate of drug-likeness (QED) is 0.745. The van der Waals surface area contributed by atoms with E-state index >= 15 is 0 Å². The topological polar surface area (TPSA) is 104 Å². The number of carboxylic acids is 1. The van der Waals surface area contributed by atoms with Gasteiger partial charge in [0.15, 0.2) is 5.60 Å². The van der Waals surface area contributed by atoms with Crippen LogP contribution in [-0.2, 0) is 14.8 Å². The van der Waals surface area contributed by atoms with E-state index < -0.39 is 28.1 Å². The number of halogens is 1. The lowest BCUT2D eigenvalue weighted by Gasteiger charge is -2.18. The molecule has 19 heavy (non-hydrogen) atoms. The highest BCUT2D eigenvalue weighted by atomic mass is 35.5. The van der Waals surface area contributed by atoms with Crippen LogP contribution in [-0.4, -0.2) is 36.7 Å². The van der Waals surface area contributed by atoms with Crippen molar-refractivity contribution in [1.29, 1.82) is 0 Å². The Hall–Kier alpha value is -1.15. The Morgan fingerprint density at radius 1 is 1.47 bits per heavy atom. The molecule has 0 aromatic heterocycles. The summed E-state index contributed by atoms with van der Waals surface area (Å²) in [7, 11) is -3.94. The lowest BCUT2D eigenvalue weighted by atomic mass is 10.1. The fourth-order valence-corrected chi connectivity index (χ4v) is 2.89. The zero-order valence-electron chi connectivity index (χ0n) is 10.3. The first-order valence-corrected chi connectivity index (χ1v) is 7.14. The van der Waals surface area contributed by atoms with Gasteiger partial charge in [0, 0.05) is 5.02 Å². The summed E-state index contributed by atoms with van der Waals surface area (Å²) in [6.07, 6.45) is 0. The molecule has 6 nitrogen and oxygen atoms in total. The molecule has 3 N–H and O–H groups in total. The maximum atomic E-state index is 12.0. The molecule has 1 unspecified atom stereocenters. The first-order valence-electron chi connectivity index (χ1n) is 5.28. The number of aryl methyl sites for hydroxylation is 1. The van der Waals surface area contributed by atoms with E-state index in [1.807, 2.05) is 4.72 Å². The number of aliphatic carboxylic acids is 1. The van der Waals surface area contributed by atoms with Crippen molar-refractivity contribution in [3.63, 3.8) is 0 Å². The molecule has 0 radical (unpaired) electrons. The van der Waals surface area contributed by atoms with Gasteiger partial charge in [0.2, 0.25) is 10.0 Å². The van der Waals surface area contributed by atoms with Gasteiger partial charge in [0.1, 0.15) is 0 Å². The first-order chi connectivity index (χ1) is 8.56. The molecule has 1 aromatic carbocycles. The lowest BCUT2D eigenvalue weighted by Crippen LogP contribution is -2.46. The Bertz CT molecular complexity index is 597. The molecule has 1 atom stereocenters. The molecule has 0 aliphatic heterocycles. The van der Waals surface area contributed by atoms with Crippen LogP contribution in [0.25, 0.3) is 0 Å². The van der Waals surface area contributed by atoms with E-state index in [4.69, 9.17) is 16.7 Å². The average molecular weight is 308 g/mol. The number of carbonyl (C=O) groups is 1. The standard InChI is InChI=1S/C11H14ClNO5S/c1-7-3-4-8(12)5-9(7)19(17,18)13-6-11(2,16)10(14)15/h3-5,13,16H,6H2,1-2H3,(H,14,15). The van der Waals surface area contributed by atoms with Crippen molar-refractivity contribution >= 4 is 27.6 Å². The van der Waals surface area contributed by atoms with Gasteiger partial charge in [-0.1, -0.05) is 17.7 Å². The number of hydrogen-bond acceptors (Lipinski definition) is 4. The molecule has 1 aromatic rings. The van der Waals surface area contributed by atoms with Crippen LogP contribution in [0, 0.1) is 6.92 Å². The Morgan fingerprint density at radius 2 is 2.05 bits per heavy atom. The van der Waals surface area contributed by atoms with Crippen LogP contribution in [0.3, 0.4) is 0 Å². The number of nitrogens with one attached hydrogen (secondary N) is 1. The highest BCUT2D eigenvalue weighted by molar-refractivity contribution is 7.89. The third kappa shape index (κ3) is 3.90. The second kappa shape index (κ2) is 5.46. The maximum absolute atomic E-state index is 12.0. The molecule has 0 aliphatic rings. The van der Waals surface area contributed by atoms with Crippen LogP contribution in [0.15, 0.2) is 23.1 Å². The predicted molar refractivity (Wildman–Crippen MR) is 69.6 cm³/mol. The van der Waals surface area contributed by atoms with Crippen molar-refractivity contribution in [2.24, 2.45) is 0 Å². The van der Waals surface area contributed by atoms with Crippen molar-refractivity contribution in [3.8, 4) is 0 Å².